The molecule has 1 N–H and O–H groups in total. The van der Waals surface area contributed by atoms with Crippen molar-refractivity contribution >= 4 is 28.8 Å². The number of benzene rings is 2. The number of carbonyl (C=O) groups excluding carboxylic acids is 2. The first-order chi connectivity index (χ1) is 18.5. The van der Waals surface area contributed by atoms with Crippen LogP contribution in [0.3, 0.4) is 0 Å². The van der Waals surface area contributed by atoms with Crippen LogP contribution in [0.1, 0.15) is 45.7 Å². The average Bonchev–Trinajstić information content (AvgIpc) is 3.27. The summed E-state index contributed by atoms with van der Waals surface area (Å²) in [4.78, 5) is 22.3. The van der Waals surface area contributed by atoms with Gasteiger partial charge in [0, 0.05) is 34.5 Å². The number of nitrogens with zero attached hydrogens (tertiary/aromatic N) is 1. The Hall–Kier alpha value is -4.14. The number of carboxylic acids is 1. The van der Waals surface area contributed by atoms with Gasteiger partial charge in [-0.3, -0.25) is 4.79 Å². The quantitative estimate of drug-likeness (QED) is 0.425. The third-order valence-corrected chi connectivity index (χ3v) is 7.84. The highest BCUT2D eigenvalue weighted by Crippen LogP contribution is 2.48. The molecular weight excluding hydrogens is 521 g/mol. The van der Waals surface area contributed by atoms with Crippen LogP contribution in [-0.4, -0.2) is 42.4 Å². The zero-order chi connectivity index (χ0) is 29.8. The van der Waals surface area contributed by atoms with Crippen LogP contribution in [0.2, 0.25) is 0 Å². The van der Waals surface area contributed by atoms with Crippen molar-refractivity contribution in [3.8, 4) is 0 Å². The summed E-state index contributed by atoms with van der Waals surface area (Å²) in [6.07, 6.45) is -3.18. The van der Waals surface area contributed by atoms with Gasteiger partial charge in [0.15, 0.2) is 5.71 Å². The molecule has 2 heterocycles. The monoisotopic (exact) mass is 552 g/mol. The van der Waals surface area contributed by atoms with Gasteiger partial charge in [0.2, 0.25) is 11.5 Å². The molecule has 0 atom stereocenters. The van der Waals surface area contributed by atoms with Gasteiger partial charge in [-0.25, -0.2) is 0 Å². The first-order valence-electron chi connectivity index (χ1n) is 12.7. The van der Waals surface area contributed by atoms with Gasteiger partial charge in [-0.15, -0.1) is 0 Å². The summed E-state index contributed by atoms with van der Waals surface area (Å²) in [5.74, 6) is -2.29. The molecule has 2 aromatic rings. The van der Waals surface area contributed by atoms with E-state index in [-0.39, 0.29) is 16.6 Å². The van der Waals surface area contributed by atoms with Crippen molar-refractivity contribution in [3.05, 3.63) is 93.9 Å². The number of halogens is 3. The van der Waals surface area contributed by atoms with Crippen molar-refractivity contribution in [1.29, 1.82) is 0 Å². The number of carboxylic acid groups (broad SMARTS) is 1. The van der Waals surface area contributed by atoms with Crippen LogP contribution in [0.15, 0.2) is 82.8 Å². The summed E-state index contributed by atoms with van der Waals surface area (Å²) in [5.41, 5.74) is 8.78. The number of carbonyl (C=O) groups is 2. The number of methoxy groups -OCH3 is 1. The van der Waals surface area contributed by atoms with Gasteiger partial charge in [0.25, 0.3) is 0 Å². The highest BCUT2D eigenvalue weighted by molar-refractivity contribution is 6.25. The summed E-state index contributed by atoms with van der Waals surface area (Å²) in [6, 6.07) is 16.7. The molecule has 210 valence electrons. The molecule has 0 radical (unpaired) electrons. The standard InChI is InChI=1S/C29H30N2O2.C2HF3O2/c1-17(27-29(4,5)19-12-8-10-14-21(19)30-27)24-25(32)18(26(24)33-7)16-23-28(2,3)20-13-9-11-15-22(20)31(23)6;3-2(4,5)1(6)7/h8-16H,1-7H3;(H,6,7). The van der Waals surface area contributed by atoms with Gasteiger partial charge in [-0.05, 0) is 38.0 Å². The summed E-state index contributed by atoms with van der Waals surface area (Å²) in [7, 11) is 3.72. The van der Waals surface area contributed by atoms with Gasteiger partial charge < -0.3 is 20.0 Å². The van der Waals surface area contributed by atoms with E-state index >= 15 is 0 Å². The third-order valence-electron chi connectivity index (χ3n) is 7.84. The second-order valence-electron chi connectivity index (χ2n) is 11.0. The van der Waals surface area contributed by atoms with Gasteiger partial charge in [-0.2, -0.15) is 17.7 Å². The fourth-order valence-electron chi connectivity index (χ4n) is 5.74. The van der Waals surface area contributed by atoms with Crippen LogP contribution in [0, 0.1) is 0 Å². The van der Waals surface area contributed by atoms with Gasteiger partial charge in [-0.1, -0.05) is 50.2 Å². The normalized spacial score (nSPS) is 20.8. The largest absolute Gasteiger partial charge is 0.542 e. The number of ether oxygens (including phenoxy) is 1. The molecule has 2 aromatic carbocycles. The second-order valence-corrected chi connectivity index (χ2v) is 11.0. The first-order valence-corrected chi connectivity index (χ1v) is 12.7. The molecule has 0 amide bonds. The van der Waals surface area contributed by atoms with E-state index in [2.05, 4.69) is 87.1 Å². The molecule has 2 aliphatic heterocycles. The second kappa shape index (κ2) is 9.80. The lowest BCUT2D eigenvalue weighted by atomic mass is 9.75. The first kappa shape index (κ1) is 28.9. The van der Waals surface area contributed by atoms with E-state index in [4.69, 9.17) is 14.6 Å². The molecule has 0 unspecified atom stereocenters. The van der Waals surface area contributed by atoms with Crippen molar-refractivity contribution in [2.45, 2.75) is 51.6 Å². The minimum atomic E-state index is -5.19. The Bertz CT molecular complexity index is 1560. The molecular formula is C31H31F3N2O4. The van der Waals surface area contributed by atoms with E-state index in [0.29, 0.717) is 16.9 Å². The van der Waals surface area contributed by atoms with Crippen LogP contribution in [0.5, 0.6) is 0 Å². The van der Waals surface area contributed by atoms with Crippen molar-refractivity contribution in [1.82, 2.24) is 0 Å². The highest BCUT2D eigenvalue weighted by Gasteiger charge is 2.47. The molecule has 0 aromatic heterocycles. The molecule has 0 fully saturated rings. The van der Waals surface area contributed by atoms with E-state index < -0.39 is 12.1 Å². The number of aliphatic carboxylic acids is 1. The minimum absolute atomic E-state index is 0.0399. The molecule has 0 saturated heterocycles. The van der Waals surface area contributed by atoms with Gasteiger partial charge >= 0.3 is 6.18 Å². The number of fused-ring (bicyclic) bond motifs is 2. The van der Waals surface area contributed by atoms with Crippen LogP contribution in [0.4, 0.5) is 24.5 Å². The van der Waals surface area contributed by atoms with Crippen molar-refractivity contribution < 1.29 is 37.2 Å². The smallest absolute Gasteiger partial charge is 0.430 e. The number of hydrogen-bond acceptors (Lipinski definition) is 5. The van der Waals surface area contributed by atoms with Crippen molar-refractivity contribution in [3.63, 3.8) is 0 Å². The number of alkyl halides is 3. The average molecular weight is 553 g/mol. The Morgan fingerprint density at radius 1 is 1.00 bits per heavy atom. The number of ketones is 1. The number of anilines is 1. The van der Waals surface area contributed by atoms with Gasteiger partial charge in [0.1, 0.15) is 18.8 Å². The van der Waals surface area contributed by atoms with Crippen LogP contribution in [-0.2, 0) is 25.2 Å². The fraction of sp³-hybridized carbons (Fsp3) is 0.323. The number of allylic oxidation sites excluding steroid dienone is 5. The Kier molecular flexibility index (Phi) is 7.07. The Morgan fingerprint density at radius 3 is 2.08 bits per heavy atom. The number of para-hydroxylation sites is 2. The Labute approximate surface area is 231 Å². The summed E-state index contributed by atoms with van der Waals surface area (Å²) < 4.78 is 39.5. The lowest BCUT2D eigenvalue weighted by molar-refractivity contribution is -0.401. The molecule has 0 bridgehead atoms. The molecule has 9 heteroatoms. The molecule has 6 nitrogen and oxygen atoms in total. The topological polar surface area (TPSA) is 81.5 Å². The molecule has 5 rings (SSSR count). The summed E-state index contributed by atoms with van der Waals surface area (Å²) in [6.45, 7) is 10.8. The van der Waals surface area contributed by atoms with Crippen LogP contribution in [0.25, 0.3) is 0 Å². The summed E-state index contributed by atoms with van der Waals surface area (Å²) >= 11 is 0. The van der Waals surface area contributed by atoms with E-state index in [0.717, 1.165) is 22.7 Å². The predicted molar refractivity (Wildman–Crippen MR) is 144 cm³/mol. The number of nitrogens with one attached hydrogen (secondary N) is 1. The maximum Gasteiger partial charge on any atom is 0.430 e. The fourth-order valence-corrected chi connectivity index (χ4v) is 5.74. The zero-order valence-corrected chi connectivity index (χ0v) is 23.4. The Morgan fingerprint density at radius 2 is 1.55 bits per heavy atom. The van der Waals surface area contributed by atoms with E-state index in [9.17, 15) is 18.0 Å². The van der Waals surface area contributed by atoms with E-state index in [1.54, 1.807) is 7.11 Å². The SMILES string of the molecule is COC1=C(C(C)=C2Nc3ccccc3C2(C)C)C(=O)C1=CC1=[N+](C)c2ccccc2C1(C)C.O=C([O-])C(F)(F)F. The van der Waals surface area contributed by atoms with Crippen LogP contribution < -0.4 is 10.4 Å². The van der Waals surface area contributed by atoms with Crippen molar-refractivity contribution in [2.24, 2.45) is 0 Å². The molecule has 1 aliphatic carbocycles. The Balaban J connectivity index is 0.000000470. The lowest BCUT2D eigenvalue weighted by Gasteiger charge is -2.29. The molecule has 0 saturated carbocycles. The van der Waals surface area contributed by atoms with Crippen molar-refractivity contribution in [2.75, 3.05) is 19.5 Å². The molecule has 40 heavy (non-hydrogen) atoms. The molecule has 0 spiro atoms. The number of hydrogen-bond donors (Lipinski definition) is 1. The maximum absolute atomic E-state index is 13.5. The zero-order valence-electron chi connectivity index (χ0n) is 23.4. The number of rotatable bonds is 3. The lowest BCUT2D eigenvalue weighted by Crippen LogP contribution is -2.37. The predicted octanol–water partition coefficient (Wildman–Crippen LogP) is 5.08. The molecule has 3 aliphatic rings. The van der Waals surface area contributed by atoms with Crippen LogP contribution >= 0.6 is 0 Å². The van der Waals surface area contributed by atoms with E-state index in [1.165, 1.54) is 16.8 Å². The minimum Gasteiger partial charge on any atom is -0.542 e. The highest BCUT2D eigenvalue weighted by atomic mass is 19.4. The third kappa shape index (κ3) is 4.53. The van der Waals surface area contributed by atoms with E-state index in [1.807, 2.05) is 19.1 Å². The summed E-state index contributed by atoms with van der Waals surface area (Å²) in [5, 5.41) is 12.3. The number of Topliss-reactive ketones (excluding diaryl/α,β-unsaturated/α-hetero) is 1. The maximum atomic E-state index is 13.5. The van der Waals surface area contributed by atoms with Gasteiger partial charge in [0.05, 0.1) is 23.7 Å².